The normalized spacial score (nSPS) is 10.0. The fraction of sp³-hybridized carbons (Fsp3) is 0.267. The summed E-state index contributed by atoms with van der Waals surface area (Å²) < 4.78 is 15.4. The van der Waals surface area contributed by atoms with E-state index in [1.54, 1.807) is 39.3 Å². The number of carbonyl (C=O) groups is 1. The second-order valence-electron chi connectivity index (χ2n) is 4.12. The molecular weight excluding hydrogens is 272 g/mol. The van der Waals surface area contributed by atoms with Crippen molar-refractivity contribution in [2.75, 3.05) is 20.8 Å². The first-order valence-corrected chi connectivity index (χ1v) is 6.41. The van der Waals surface area contributed by atoms with E-state index in [1.165, 1.54) is 6.20 Å². The molecule has 21 heavy (non-hydrogen) atoms. The summed E-state index contributed by atoms with van der Waals surface area (Å²) in [6.07, 6.45) is 1.38. The molecule has 0 amide bonds. The molecule has 2 aromatic rings. The minimum atomic E-state index is -0.422. The third-order valence-electron chi connectivity index (χ3n) is 2.84. The van der Waals surface area contributed by atoms with E-state index in [-0.39, 0.29) is 0 Å². The molecule has 0 bridgehead atoms. The average Bonchev–Trinajstić information content (AvgIpc) is 2.54. The largest absolute Gasteiger partial charge is 0.493 e. The number of hydrogen-bond donors (Lipinski definition) is 0. The molecule has 0 aliphatic carbocycles. The highest BCUT2D eigenvalue weighted by molar-refractivity contribution is 5.90. The van der Waals surface area contributed by atoms with E-state index in [1.807, 2.05) is 6.07 Å². The number of nitrogens with zero attached hydrogens (tertiary/aromatic N) is 2. The monoisotopic (exact) mass is 288 g/mol. The summed E-state index contributed by atoms with van der Waals surface area (Å²) in [5.74, 6) is 0.781. The molecule has 0 saturated heterocycles. The predicted molar refractivity (Wildman–Crippen MR) is 76.5 cm³/mol. The second kappa shape index (κ2) is 6.69. The molecule has 110 valence electrons. The third-order valence-corrected chi connectivity index (χ3v) is 2.84. The Balaban J connectivity index is 2.38. The molecule has 1 heterocycles. The van der Waals surface area contributed by atoms with Crippen LogP contribution in [0.15, 0.2) is 30.5 Å². The topological polar surface area (TPSA) is 70.5 Å². The highest BCUT2D eigenvalue weighted by Gasteiger charge is 2.12. The van der Waals surface area contributed by atoms with Crippen molar-refractivity contribution in [1.29, 1.82) is 0 Å². The van der Waals surface area contributed by atoms with Crippen LogP contribution in [-0.2, 0) is 4.74 Å². The van der Waals surface area contributed by atoms with Gasteiger partial charge in [0, 0.05) is 5.56 Å². The van der Waals surface area contributed by atoms with Crippen molar-refractivity contribution >= 4 is 5.97 Å². The van der Waals surface area contributed by atoms with Gasteiger partial charge in [0.05, 0.1) is 38.3 Å². The van der Waals surface area contributed by atoms with Gasteiger partial charge < -0.3 is 14.2 Å². The number of esters is 1. The summed E-state index contributed by atoms with van der Waals surface area (Å²) in [6, 6.07) is 7.00. The highest BCUT2D eigenvalue weighted by atomic mass is 16.5. The first-order chi connectivity index (χ1) is 10.2. The molecule has 6 heteroatoms. The fourth-order valence-electron chi connectivity index (χ4n) is 1.83. The van der Waals surface area contributed by atoms with Crippen molar-refractivity contribution in [2.45, 2.75) is 6.92 Å². The van der Waals surface area contributed by atoms with E-state index in [2.05, 4.69) is 10.2 Å². The fourth-order valence-corrected chi connectivity index (χ4v) is 1.83. The van der Waals surface area contributed by atoms with E-state index in [4.69, 9.17) is 14.2 Å². The lowest BCUT2D eigenvalue weighted by Crippen LogP contribution is -2.06. The molecule has 0 N–H and O–H groups in total. The van der Waals surface area contributed by atoms with Crippen molar-refractivity contribution in [3.8, 4) is 22.8 Å². The van der Waals surface area contributed by atoms with E-state index in [0.717, 1.165) is 5.56 Å². The maximum absolute atomic E-state index is 11.7. The van der Waals surface area contributed by atoms with Gasteiger partial charge in [-0.05, 0) is 31.2 Å². The predicted octanol–water partition coefficient (Wildman–Crippen LogP) is 2.34. The maximum Gasteiger partial charge on any atom is 0.339 e. The number of hydrogen-bond acceptors (Lipinski definition) is 6. The zero-order chi connectivity index (χ0) is 15.2. The first-order valence-electron chi connectivity index (χ1n) is 6.41. The van der Waals surface area contributed by atoms with Crippen LogP contribution in [0, 0.1) is 0 Å². The molecule has 1 aromatic carbocycles. The lowest BCUT2D eigenvalue weighted by atomic mass is 10.1. The SMILES string of the molecule is CCOC(=O)c1cnnc(-c2ccc(OC)c(OC)c2)c1. The summed E-state index contributed by atoms with van der Waals surface area (Å²) in [5.41, 5.74) is 1.68. The van der Waals surface area contributed by atoms with Crippen LogP contribution in [0.1, 0.15) is 17.3 Å². The summed E-state index contributed by atoms with van der Waals surface area (Å²) in [7, 11) is 3.13. The molecule has 0 atom stereocenters. The number of benzene rings is 1. The van der Waals surface area contributed by atoms with Crippen molar-refractivity contribution in [2.24, 2.45) is 0 Å². The maximum atomic E-state index is 11.7. The van der Waals surface area contributed by atoms with Gasteiger partial charge in [-0.15, -0.1) is 0 Å². The Hall–Kier alpha value is -2.63. The molecule has 1 aromatic heterocycles. The van der Waals surface area contributed by atoms with Crippen molar-refractivity contribution in [3.05, 3.63) is 36.0 Å². The van der Waals surface area contributed by atoms with Crippen molar-refractivity contribution in [1.82, 2.24) is 10.2 Å². The van der Waals surface area contributed by atoms with Crippen LogP contribution in [0.2, 0.25) is 0 Å². The Labute approximate surface area is 122 Å². The van der Waals surface area contributed by atoms with Crippen LogP contribution in [-0.4, -0.2) is 37.0 Å². The van der Waals surface area contributed by atoms with Gasteiger partial charge >= 0.3 is 5.97 Å². The van der Waals surface area contributed by atoms with Gasteiger partial charge in [0.15, 0.2) is 11.5 Å². The zero-order valence-corrected chi connectivity index (χ0v) is 12.1. The molecular formula is C15H16N2O4. The third kappa shape index (κ3) is 3.28. The molecule has 0 fully saturated rings. The number of aromatic nitrogens is 2. The van der Waals surface area contributed by atoms with E-state index in [9.17, 15) is 4.79 Å². The quantitative estimate of drug-likeness (QED) is 0.786. The first kappa shape index (κ1) is 14.8. The minimum absolute atomic E-state index is 0.312. The van der Waals surface area contributed by atoms with Gasteiger partial charge in [-0.25, -0.2) is 4.79 Å². The molecule has 0 unspecified atom stereocenters. The molecule has 0 aliphatic heterocycles. The molecule has 6 nitrogen and oxygen atoms in total. The number of ether oxygens (including phenoxy) is 3. The van der Waals surface area contributed by atoms with Crippen molar-refractivity contribution in [3.63, 3.8) is 0 Å². The molecule has 0 spiro atoms. The number of rotatable bonds is 5. The van der Waals surface area contributed by atoms with Gasteiger partial charge in [-0.1, -0.05) is 0 Å². The standard InChI is InChI=1S/C15H16N2O4/c1-4-21-15(18)11-7-12(17-16-9-11)10-5-6-13(19-2)14(8-10)20-3/h5-9H,4H2,1-3H3. The lowest BCUT2D eigenvalue weighted by molar-refractivity contribution is 0.0525. The minimum Gasteiger partial charge on any atom is -0.493 e. The Bertz CT molecular complexity index is 643. The molecule has 2 rings (SSSR count). The highest BCUT2D eigenvalue weighted by Crippen LogP contribution is 2.31. The van der Waals surface area contributed by atoms with Gasteiger partial charge in [0.25, 0.3) is 0 Å². The van der Waals surface area contributed by atoms with Gasteiger partial charge in [-0.2, -0.15) is 10.2 Å². The average molecular weight is 288 g/mol. The molecule has 0 saturated carbocycles. The van der Waals surface area contributed by atoms with Crippen LogP contribution >= 0.6 is 0 Å². The van der Waals surface area contributed by atoms with Crippen molar-refractivity contribution < 1.29 is 19.0 Å². The zero-order valence-electron chi connectivity index (χ0n) is 12.1. The number of methoxy groups -OCH3 is 2. The van der Waals surface area contributed by atoms with Gasteiger partial charge in [0.1, 0.15) is 0 Å². The second-order valence-corrected chi connectivity index (χ2v) is 4.12. The van der Waals surface area contributed by atoms with Crippen LogP contribution in [0.3, 0.4) is 0 Å². The van der Waals surface area contributed by atoms with Crippen LogP contribution in [0.25, 0.3) is 11.3 Å². The Morgan fingerprint density at radius 2 is 1.90 bits per heavy atom. The molecule has 0 aliphatic rings. The Kier molecular flexibility index (Phi) is 4.71. The Morgan fingerprint density at radius 1 is 1.14 bits per heavy atom. The summed E-state index contributed by atoms with van der Waals surface area (Å²) in [4.78, 5) is 11.7. The van der Waals surface area contributed by atoms with E-state index >= 15 is 0 Å². The Morgan fingerprint density at radius 3 is 2.57 bits per heavy atom. The summed E-state index contributed by atoms with van der Waals surface area (Å²) in [6.45, 7) is 2.06. The van der Waals surface area contributed by atoms with Gasteiger partial charge in [-0.3, -0.25) is 0 Å². The van der Waals surface area contributed by atoms with E-state index < -0.39 is 5.97 Å². The van der Waals surface area contributed by atoms with Crippen LogP contribution < -0.4 is 9.47 Å². The van der Waals surface area contributed by atoms with E-state index in [0.29, 0.717) is 29.4 Å². The lowest BCUT2D eigenvalue weighted by Gasteiger charge is -2.09. The molecule has 0 radical (unpaired) electrons. The number of carbonyl (C=O) groups excluding carboxylic acids is 1. The van der Waals surface area contributed by atoms with Crippen LogP contribution in [0.5, 0.6) is 11.5 Å². The smallest absolute Gasteiger partial charge is 0.339 e. The summed E-state index contributed by atoms with van der Waals surface area (Å²) >= 11 is 0. The summed E-state index contributed by atoms with van der Waals surface area (Å²) in [5, 5.41) is 7.87. The van der Waals surface area contributed by atoms with Crippen LogP contribution in [0.4, 0.5) is 0 Å². The van der Waals surface area contributed by atoms with Gasteiger partial charge in [0.2, 0.25) is 0 Å².